The zero-order valence-corrected chi connectivity index (χ0v) is 18.2. The van der Waals surface area contributed by atoms with E-state index in [9.17, 15) is 13.2 Å². The van der Waals surface area contributed by atoms with Gasteiger partial charge in [-0.25, -0.2) is 0 Å². The fourth-order valence-corrected chi connectivity index (χ4v) is 5.01. The summed E-state index contributed by atoms with van der Waals surface area (Å²) >= 11 is 0. The molecule has 2 aliphatic rings. The molecule has 0 aromatic heterocycles. The van der Waals surface area contributed by atoms with Gasteiger partial charge in [-0.3, -0.25) is 9.35 Å². The van der Waals surface area contributed by atoms with Gasteiger partial charge in [-0.15, -0.1) is 0 Å². The summed E-state index contributed by atoms with van der Waals surface area (Å²) in [5, 5.41) is 0. The van der Waals surface area contributed by atoms with Crippen LogP contribution in [0.2, 0.25) is 0 Å². The van der Waals surface area contributed by atoms with Crippen molar-refractivity contribution in [1.82, 2.24) is 0 Å². The van der Waals surface area contributed by atoms with Gasteiger partial charge in [0.25, 0.3) is 10.1 Å². The third-order valence-electron chi connectivity index (χ3n) is 6.81. The van der Waals surface area contributed by atoms with Crippen molar-refractivity contribution < 1.29 is 17.8 Å². The molecule has 4 nitrogen and oxygen atoms in total. The third-order valence-corrected chi connectivity index (χ3v) is 7.67. The SMILES string of the molecule is CC12CCC(C(=Cc3ccccc3)C1=O)C2(C)C.Cc1ccc(S(=O)(=O)O)cc1. The van der Waals surface area contributed by atoms with Crippen molar-refractivity contribution in [3.8, 4) is 0 Å². The van der Waals surface area contributed by atoms with Crippen LogP contribution in [0, 0.1) is 23.7 Å². The molecule has 2 fully saturated rings. The van der Waals surface area contributed by atoms with Crippen LogP contribution in [0.1, 0.15) is 44.7 Å². The monoisotopic (exact) mass is 412 g/mol. The molecule has 0 spiro atoms. The van der Waals surface area contributed by atoms with E-state index in [1.807, 2.05) is 25.1 Å². The molecule has 2 aromatic rings. The van der Waals surface area contributed by atoms with Gasteiger partial charge in [0.05, 0.1) is 4.90 Å². The molecule has 2 aromatic carbocycles. The zero-order chi connectivity index (χ0) is 21.4. The highest BCUT2D eigenvalue weighted by Crippen LogP contribution is 2.65. The second-order valence-corrected chi connectivity index (χ2v) is 10.2. The van der Waals surface area contributed by atoms with E-state index in [1.165, 1.54) is 12.1 Å². The van der Waals surface area contributed by atoms with E-state index in [4.69, 9.17) is 4.55 Å². The van der Waals surface area contributed by atoms with Gasteiger partial charge in [-0.1, -0.05) is 68.8 Å². The first-order valence-electron chi connectivity index (χ1n) is 9.82. The number of hydrogen-bond donors (Lipinski definition) is 1. The Kier molecular flexibility index (Phi) is 5.58. The summed E-state index contributed by atoms with van der Waals surface area (Å²) in [6.07, 6.45) is 4.32. The highest BCUT2D eigenvalue weighted by Gasteiger charge is 2.63. The van der Waals surface area contributed by atoms with E-state index in [0.29, 0.717) is 11.7 Å². The van der Waals surface area contributed by atoms with Gasteiger partial charge in [0.15, 0.2) is 5.78 Å². The van der Waals surface area contributed by atoms with Crippen molar-refractivity contribution >= 4 is 22.0 Å². The maximum Gasteiger partial charge on any atom is 0.294 e. The first kappa shape index (κ1) is 21.5. The van der Waals surface area contributed by atoms with E-state index in [-0.39, 0.29) is 15.7 Å². The van der Waals surface area contributed by atoms with Gasteiger partial charge in [0.1, 0.15) is 0 Å². The van der Waals surface area contributed by atoms with E-state index < -0.39 is 10.1 Å². The van der Waals surface area contributed by atoms with Crippen molar-refractivity contribution in [2.45, 2.75) is 45.4 Å². The Labute approximate surface area is 173 Å². The van der Waals surface area contributed by atoms with Gasteiger partial charge in [-0.2, -0.15) is 8.42 Å². The molecular formula is C24H28O4S. The zero-order valence-electron chi connectivity index (χ0n) is 17.3. The molecular weight excluding hydrogens is 384 g/mol. The molecule has 2 saturated carbocycles. The van der Waals surface area contributed by atoms with E-state index in [1.54, 1.807) is 12.1 Å². The minimum absolute atomic E-state index is 0.0666. The summed E-state index contributed by atoms with van der Waals surface area (Å²) < 4.78 is 29.6. The summed E-state index contributed by atoms with van der Waals surface area (Å²) in [5.74, 6) is 0.822. The van der Waals surface area contributed by atoms with Gasteiger partial charge in [0, 0.05) is 5.41 Å². The Balaban J connectivity index is 0.000000188. The molecule has 29 heavy (non-hydrogen) atoms. The summed E-state index contributed by atoms with van der Waals surface area (Å²) in [6.45, 7) is 8.51. The highest BCUT2D eigenvalue weighted by atomic mass is 32.2. The lowest BCUT2D eigenvalue weighted by Crippen LogP contribution is -2.32. The maximum atomic E-state index is 12.6. The lowest BCUT2D eigenvalue weighted by Gasteiger charge is -2.31. The third kappa shape index (κ3) is 3.94. The van der Waals surface area contributed by atoms with Crippen LogP contribution in [-0.4, -0.2) is 18.8 Å². The van der Waals surface area contributed by atoms with Crippen molar-refractivity contribution in [3.05, 3.63) is 71.3 Å². The van der Waals surface area contributed by atoms with Crippen molar-refractivity contribution in [1.29, 1.82) is 0 Å². The van der Waals surface area contributed by atoms with Crippen LogP contribution < -0.4 is 0 Å². The Bertz CT molecular complexity index is 1030. The number of hydrogen-bond acceptors (Lipinski definition) is 3. The van der Waals surface area contributed by atoms with Crippen LogP contribution in [0.25, 0.3) is 6.08 Å². The van der Waals surface area contributed by atoms with E-state index in [2.05, 4.69) is 39.0 Å². The molecule has 4 rings (SSSR count). The van der Waals surface area contributed by atoms with Crippen molar-refractivity contribution in [2.75, 3.05) is 0 Å². The van der Waals surface area contributed by atoms with Gasteiger partial charge < -0.3 is 0 Å². The second-order valence-electron chi connectivity index (χ2n) is 8.77. The fourth-order valence-electron chi connectivity index (χ4n) is 4.53. The van der Waals surface area contributed by atoms with Gasteiger partial charge in [0.2, 0.25) is 0 Å². The highest BCUT2D eigenvalue weighted by molar-refractivity contribution is 7.85. The number of rotatable bonds is 2. The summed E-state index contributed by atoms with van der Waals surface area (Å²) in [4.78, 5) is 12.6. The molecule has 2 aliphatic carbocycles. The van der Waals surface area contributed by atoms with E-state index in [0.717, 1.165) is 29.5 Å². The average molecular weight is 413 g/mol. The van der Waals surface area contributed by atoms with E-state index >= 15 is 0 Å². The lowest BCUT2D eigenvalue weighted by atomic mass is 9.70. The topological polar surface area (TPSA) is 71.4 Å². The quantitative estimate of drug-likeness (QED) is 0.534. The minimum Gasteiger partial charge on any atom is -0.294 e. The van der Waals surface area contributed by atoms with Crippen LogP contribution in [0.3, 0.4) is 0 Å². The molecule has 2 unspecified atom stereocenters. The number of Topliss-reactive ketones (excluding diaryl/α,β-unsaturated/α-hetero) is 1. The Hall–Kier alpha value is -2.24. The molecule has 0 saturated heterocycles. The van der Waals surface area contributed by atoms with Gasteiger partial charge >= 0.3 is 0 Å². The molecule has 154 valence electrons. The summed E-state index contributed by atoms with van der Waals surface area (Å²) in [6, 6.07) is 16.2. The predicted octanol–water partition coefficient (Wildman–Crippen LogP) is 5.34. The first-order valence-corrected chi connectivity index (χ1v) is 11.3. The number of benzene rings is 2. The number of ketones is 1. The van der Waals surface area contributed by atoms with Gasteiger partial charge in [-0.05, 0) is 60.4 Å². The second kappa shape index (κ2) is 7.54. The van der Waals surface area contributed by atoms with Crippen LogP contribution in [0.4, 0.5) is 0 Å². The smallest absolute Gasteiger partial charge is 0.294 e. The van der Waals surface area contributed by atoms with Crippen LogP contribution in [0.15, 0.2) is 65.1 Å². The molecule has 2 atom stereocenters. The molecule has 0 radical (unpaired) electrons. The number of carbonyl (C=O) groups is 1. The Morgan fingerprint density at radius 1 is 1.00 bits per heavy atom. The normalized spacial score (nSPS) is 26.3. The number of aryl methyl sites for hydroxylation is 1. The fraction of sp³-hybridized carbons (Fsp3) is 0.375. The van der Waals surface area contributed by atoms with Crippen LogP contribution >= 0.6 is 0 Å². The minimum atomic E-state index is -4.02. The van der Waals surface area contributed by atoms with Crippen LogP contribution in [0.5, 0.6) is 0 Å². The molecule has 0 aliphatic heterocycles. The Morgan fingerprint density at radius 3 is 2.07 bits per heavy atom. The number of allylic oxidation sites excluding steroid dienone is 1. The molecule has 0 heterocycles. The van der Waals surface area contributed by atoms with Crippen molar-refractivity contribution in [2.24, 2.45) is 16.7 Å². The Morgan fingerprint density at radius 2 is 1.59 bits per heavy atom. The number of carbonyl (C=O) groups excluding carboxylic acids is 1. The lowest BCUT2D eigenvalue weighted by molar-refractivity contribution is -0.125. The standard InChI is InChI=1S/C17H20O.C7H8O3S/c1-16(2)14-9-10-17(16,3)15(18)13(14)11-12-7-5-4-6-8-12;1-6-2-4-7(5-3-6)11(8,9)10/h4-8,11,14H,9-10H2,1-3H3;2-5H,1H3,(H,8,9,10). The first-order chi connectivity index (χ1) is 13.5. The molecule has 1 N–H and O–H groups in total. The van der Waals surface area contributed by atoms with Crippen molar-refractivity contribution in [3.63, 3.8) is 0 Å². The molecule has 0 amide bonds. The average Bonchev–Trinajstić information content (AvgIpc) is 2.97. The summed E-state index contributed by atoms with van der Waals surface area (Å²) in [5.41, 5.74) is 3.13. The molecule has 2 bridgehead atoms. The molecule has 5 heteroatoms. The maximum absolute atomic E-state index is 12.6. The number of fused-ring (bicyclic) bond motifs is 2. The largest absolute Gasteiger partial charge is 0.294 e. The predicted molar refractivity (Wildman–Crippen MR) is 115 cm³/mol. The summed E-state index contributed by atoms with van der Waals surface area (Å²) in [7, 11) is -4.02. The van der Waals surface area contributed by atoms with Crippen LogP contribution in [-0.2, 0) is 14.9 Å².